The summed E-state index contributed by atoms with van der Waals surface area (Å²) < 4.78 is 6.01. The Labute approximate surface area is 141 Å². The van der Waals surface area contributed by atoms with Crippen LogP contribution in [-0.4, -0.2) is 13.0 Å². The number of hydrogen-bond acceptors (Lipinski definition) is 2. The van der Waals surface area contributed by atoms with Crippen molar-refractivity contribution in [2.24, 2.45) is 0 Å². The summed E-state index contributed by atoms with van der Waals surface area (Å²) in [6.07, 6.45) is 0. The lowest BCUT2D eigenvalue weighted by molar-refractivity contribution is 0.102. The minimum absolute atomic E-state index is 0.285. The van der Waals surface area contributed by atoms with Crippen molar-refractivity contribution in [3.05, 3.63) is 56.0 Å². The molecule has 0 radical (unpaired) electrons. The molecule has 0 aliphatic rings. The van der Waals surface area contributed by atoms with E-state index in [4.69, 9.17) is 27.9 Å². The van der Waals surface area contributed by atoms with Gasteiger partial charge in [-0.2, -0.15) is 0 Å². The minimum atomic E-state index is -0.285. The maximum absolute atomic E-state index is 12.3. The molecule has 0 saturated carbocycles. The van der Waals surface area contributed by atoms with Gasteiger partial charge < -0.3 is 10.1 Å². The molecule has 0 aliphatic carbocycles. The van der Waals surface area contributed by atoms with Crippen LogP contribution < -0.4 is 10.1 Å². The number of anilines is 1. The Bertz CT molecular complexity index is 681. The highest BCUT2D eigenvalue weighted by Crippen LogP contribution is 2.34. The molecular weight excluding hydrogens is 377 g/mol. The molecule has 0 heterocycles. The fourth-order valence-corrected chi connectivity index (χ4v) is 2.96. The number of halogens is 3. The van der Waals surface area contributed by atoms with E-state index < -0.39 is 0 Å². The summed E-state index contributed by atoms with van der Waals surface area (Å²) in [5, 5.41) is 3.42. The van der Waals surface area contributed by atoms with Crippen molar-refractivity contribution in [3.63, 3.8) is 0 Å². The van der Waals surface area contributed by atoms with E-state index in [2.05, 4.69) is 21.2 Å². The first kappa shape index (κ1) is 16.1. The smallest absolute Gasteiger partial charge is 0.255 e. The van der Waals surface area contributed by atoms with Crippen LogP contribution in [0.4, 0.5) is 5.69 Å². The van der Waals surface area contributed by atoms with E-state index in [1.807, 2.05) is 25.1 Å². The number of amides is 1. The highest BCUT2D eigenvalue weighted by atomic mass is 79.9. The van der Waals surface area contributed by atoms with E-state index in [0.717, 1.165) is 15.7 Å². The summed E-state index contributed by atoms with van der Waals surface area (Å²) in [4.78, 5) is 12.3. The average Bonchev–Trinajstić information content (AvgIpc) is 2.41. The standard InChI is InChI=1S/C15H12BrCl2NO2/c1-8-5-10(16)3-4-13(8)19-15(20)9-6-11(17)14(21-2)12(18)7-9/h3-7H,1-2H3,(H,19,20). The van der Waals surface area contributed by atoms with Crippen LogP contribution in [0.2, 0.25) is 10.0 Å². The number of ether oxygens (including phenoxy) is 1. The summed E-state index contributed by atoms with van der Waals surface area (Å²) in [6, 6.07) is 8.65. The molecule has 0 aliphatic heterocycles. The Kier molecular flexibility index (Phi) is 5.14. The second-order valence-corrected chi connectivity index (χ2v) is 6.12. The van der Waals surface area contributed by atoms with Crippen LogP contribution in [0.25, 0.3) is 0 Å². The lowest BCUT2D eigenvalue weighted by atomic mass is 10.1. The fourth-order valence-electron chi connectivity index (χ4n) is 1.85. The van der Waals surface area contributed by atoms with Crippen LogP contribution in [0.3, 0.4) is 0 Å². The first-order valence-corrected chi connectivity index (χ1v) is 7.58. The van der Waals surface area contributed by atoms with Gasteiger partial charge >= 0.3 is 0 Å². The molecule has 1 N–H and O–H groups in total. The van der Waals surface area contributed by atoms with Gasteiger partial charge in [-0.15, -0.1) is 0 Å². The number of carbonyl (C=O) groups is 1. The van der Waals surface area contributed by atoms with E-state index in [0.29, 0.717) is 21.4 Å². The van der Waals surface area contributed by atoms with Gasteiger partial charge in [0.2, 0.25) is 0 Å². The largest absolute Gasteiger partial charge is 0.494 e. The molecule has 2 aromatic rings. The van der Waals surface area contributed by atoms with Crippen molar-refractivity contribution in [1.82, 2.24) is 0 Å². The summed E-state index contributed by atoms with van der Waals surface area (Å²) >= 11 is 15.5. The summed E-state index contributed by atoms with van der Waals surface area (Å²) in [6.45, 7) is 1.91. The van der Waals surface area contributed by atoms with Crippen molar-refractivity contribution in [2.45, 2.75) is 6.92 Å². The Morgan fingerprint density at radius 2 is 1.81 bits per heavy atom. The zero-order valence-electron chi connectivity index (χ0n) is 11.3. The van der Waals surface area contributed by atoms with Crippen LogP contribution in [0.15, 0.2) is 34.8 Å². The molecule has 0 unspecified atom stereocenters. The molecule has 1 amide bonds. The molecule has 0 saturated heterocycles. The predicted octanol–water partition coefficient (Wildman–Crippen LogP) is 5.33. The lowest BCUT2D eigenvalue weighted by Gasteiger charge is -2.11. The number of rotatable bonds is 3. The maximum atomic E-state index is 12.3. The molecule has 2 aromatic carbocycles. The SMILES string of the molecule is COc1c(Cl)cc(C(=O)Nc2ccc(Br)cc2C)cc1Cl. The normalized spacial score (nSPS) is 10.3. The van der Waals surface area contributed by atoms with E-state index >= 15 is 0 Å². The molecule has 21 heavy (non-hydrogen) atoms. The fraction of sp³-hybridized carbons (Fsp3) is 0.133. The molecule has 0 aromatic heterocycles. The number of carbonyl (C=O) groups excluding carboxylic acids is 1. The van der Waals surface area contributed by atoms with Gasteiger partial charge in [0, 0.05) is 15.7 Å². The zero-order chi connectivity index (χ0) is 15.6. The van der Waals surface area contributed by atoms with Crippen LogP contribution in [0, 0.1) is 6.92 Å². The van der Waals surface area contributed by atoms with Gasteiger partial charge in [0.1, 0.15) is 0 Å². The number of benzene rings is 2. The zero-order valence-corrected chi connectivity index (χ0v) is 14.4. The van der Waals surface area contributed by atoms with Gasteiger partial charge in [-0.3, -0.25) is 4.79 Å². The second kappa shape index (κ2) is 6.69. The molecule has 110 valence electrons. The van der Waals surface area contributed by atoms with E-state index in [1.165, 1.54) is 19.2 Å². The third-order valence-corrected chi connectivity index (χ3v) is 3.96. The third kappa shape index (κ3) is 3.70. The van der Waals surface area contributed by atoms with Gasteiger partial charge in [0.15, 0.2) is 5.75 Å². The molecule has 0 fully saturated rings. The third-order valence-electron chi connectivity index (χ3n) is 2.90. The molecule has 6 heteroatoms. The van der Waals surface area contributed by atoms with Gasteiger partial charge in [-0.25, -0.2) is 0 Å². The molecule has 0 atom stereocenters. The van der Waals surface area contributed by atoms with Gasteiger partial charge in [0.25, 0.3) is 5.91 Å². The average molecular weight is 389 g/mol. The highest BCUT2D eigenvalue weighted by molar-refractivity contribution is 9.10. The Balaban J connectivity index is 2.28. The minimum Gasteiger partial charge on any atom is -0.494 e. The first-order chi connectivity index (χ1) is 9.92. The second-order valence-electron chi connectivity index (χ2n) is 4.39. The van der Waals surface area contributed by atoms with Crippen molar-refractivity contribution < 1.29 is 9.53 Å². The topological polar surface area (TPSA) is 38.3 Å². The summed E-state index contributed by atoms with van der Waals surface area (Å²) in [7, 11) is 1.47. The summed E-state index contributed by atoms with van der Waals surface area (Å²) in [5.74, 6) is 0.0709. The van der Waals surface area contributed by atoms with Crippen LogP contribution in [0.1, 0.15) is 15.9 Å². The monoisotopic (exact) mass is 387 g/mol. The van der Waals surface area contributed by atoms with Gasteiger partial charge in [0.05, 0.1) is 17.2 Å². The molecular formula is C15H12BrCl2NO2. The summed E-state index contributed by atoms with van der Waals surface area (Å²) in [5.41, 5.74) is 2.04. The lowest BCUT2D eigenvalue weighted by Crippen LogP contribution is -2.13. The van der Waals surface area contributed by atoms with Crippen molar-refractivity contribution >= 4 is 50.7 Å². The number of methoxy groups -OCH3 is 1. The molecule has 3 nitrogen and oxygen atoms in total. The number of aryl methyl sites for hydroxylation is 1. The van der Waals surface area contributed by atoms with Crippen molar-refractivity contribution in [2.75, 3.05) is 12.4 Å². The molecule has 0 bridgehead atoms. The first-order valence-electron chi connectivity index (χ1n) is 6.03. The molecule has 2 rings (SSSR count). The number of nitrogens with one attached hydrogen (secondary N) is 1. The Morgan fingerprint density at radius 1 is 1.19 bits per heavy atom. The quantitative estimate of drug-likeness (QED) is 0.771. The van der Waals surface area contributed by atoms with Gasteiger partial charge in [-0.1, -0.05) is 39.1 Å². The van der Waals surface area contributed by atoms with Crippen LogP contribution >= 0.6 is 39.1 Å². The van der Waals surface area contributed by atoms with Crippen molar-refractivity contribution in [3.8, 4) is 5.75 Å². The van der Waals surface area contributed by atoms with E-state index in [-0.39, 0.29) is 5.91 Å². The maximum Gasteiger partial charge on any atom is 0.255 e. The highest BCUT2D eigenvalue weighted by Gasteiger charge is 2.14. The van der Waals surface area contributed by atoms with E-state index in [1.54, 1.807) is 0 Å². The molecule has 0 spiro atoms. The number of hydrogen-bond donors (Lipinski definition) is 1. The van der Waals surface area contributed by atoms with Crippen LogP contribution in [0.5, 0.6) is 5.75 Å². The van der Waals surface area contributed by atoms with E-state index in [9.17, 15) is 4.79 Å². The van der Waals surface area contributed by atoms with Gasteiger partial charge in [-0.05, 0) is 42.8 Å². The van der Waals surface area contributed by atoms with Crippen molar-refractivity contribution in [1.29, 1.82) is 0 Å². The Morgan fingerprint density at radius 3 is 2.33 bits per heavy atom. The predicted molar refractivity (Wildman–Crippen MR) is 89.8 cm³/mol. The Hall–Kier alpha value is -1.23. The van der Waals surface area contributed by atoms with Crippen LogP contribution in [-0.2, 0) is 0 Å².